The van der Waals surface area contributed by atoms with Crippen molar-refractivity contribution >= 4 is 23.2 Å². The number of aromatic nitrogens is 2. The number of nitrogens with one attached hydrogen (secondary N) is 1. The quantitative estimate of drug-likeness (QED) is 0.444. The Kier molecular flexibility index (Phi) is 7.11. The number of amides is 2. The lowest BCUT2D eigenvalue weighted by molar-refractivity contribution is 0.174. The summed E-state index contributed by atoms with van der Waals surface area (Å²) < 4.78 is 10.9. The lowest BCUT2D eigenvalue weighted by atomic mass is 9.94. The molecule has 2 amide bonds. The second-order valence-electron chi connectivity index (χ2n) is 7.90. The van der Waals surface area contributed by atoms with E-state index >= 15 is 0 Å². The number of urea groups is 1. The van der Waals surface area contributed by atoms with Crippen molar-refractivity contribution in [2.75, 3.05) is 20.3 Å². The molecule has 3 aromatic rings. The van der Waals surface area contributed by atoms with Gasteiger partial charge in [-0.15, -0.1) is 0 Å². The van der Waals surface area contributed by atoms with Gasteiger partial charge in [0.2, 0.25) is 5.82 Å². The van der Waals surface area contributed by atoms with Crippen LogP contribution in [0.1, 0.15) is 43.3 Å². The molecule has 7 nitrogen and oxygen atoms in total. The molecule has 1 unspecified atom stereocenters. The third kappa shape index (κ3) is 4.94. The van der Waals surface area contributed by atoms with Crippen molar-refractivity contribution < 1.29 is 14.1 Å². The summed E-state index contributed by atoms with van der Waals surface area (Å²) in [4.78, 5) is 19.4. The summed E-state index contributed by atoms with van der Waals surface area (Å²) in [6.45, 7) is 5.10. The van der Waals surface area contributed by atoms with E-state index in [1.54, 1.807) is 24.1 Å². The van der Waals surface area contributed by atoms with Gasteiger partial charge in [0.1, 0.15) is 0 Å². The van der Waals surface area contributed by atoms with E-state index in [1.165, 1.54) is 5.56 Å². The van der Waals surface area contributed by atoms with Crippen LogP contribution in [0.2, 0.25) is 5.02 Å². The van der Waals surface area contributed by atoms with E-state index in [-0.39, 0.29) is 6.03 Å². The van der Waals surface area contributed by atoms with Crippen molar-refractivity contribution in [1.29, 1.82) is 0 Å². The number of rotatable bonds is 8. The van der Waals surface area contributed by atoms with Gasteiger partial charge < -0.3 is 14.6 Å². The molecule has 2 heterocycles. The molecular weight excluding hydrogens is 440 g/mol. The van der Waals surface area contributed by atoms with Crippen LogP contribution in [0.4, 0.5) is 4.79 Å². The smallest absolute Gasteiger partial charge is 0.322 e. The van der Waals surface area contributed by atoms with Crippen LogP contribution in [0.5, 0.6) is 0 Å². The highest BCUT2D eigenvalue weighted by molar-refractivity contribution is 6.30. The monoisotopic (exact) mass is 466 g/mol. The molecule has 0 saturated carbocycles. The van der Waals surface area contributed by atoms with Crippen LogP contribution in [0.3, 0.4) is 0 Å². The van der Waals surface area contributed by atoms with Crippen LogP contribution in [0.15, 0.2) is 58.8 Å². The number of nitrogens with zero attached hydrogens (tertiary/aromatic N) is 3. The van der Waals surface area contributed by atoms with Crippen LogP contribution in [-0.4, -0.2) is 41.3 Å². The Balaban J connectivity index is 1.74. The lowest BCUT2D eigenvalue weighted by Crippen LogP contribution is -2.46. The normalized spacial score (nSPS) is 16.3. The highest BCUT2D eigenvalue weighted by atomic mass is 35.5. The van der Waals surface area contributed by atoms with Gasteiger partial charge in [-0.05, 0) is 43.0 Å². The van der Waals surface area contributed by atoms with Crippen LogP contribution >= 0.6 is 11.6 Å². The Bertz CT molecular complexity index is 1140. The lowest BCUT2D eigenvalue weighted by Gasteiger charge is -2.35. The average Bonchev–Trinajstić information content (AvgIpc) is 3.31. The van der Waals surface area contributed by atoms with Crippen LogP contribution < -0.4 is 5.32 Å². The Morgan fingerprint density at radius 2 is 1.88 bits per heavy atom. The second kappa shape index (κ2) is 10.2. The number of aryl methyl sites for hydroxylation is 1. The van der Waals surface area contributed by atoms with Crippen molar-refractivity contribution in [3.63, 3.8) is 0 Å². The number of halogens is 1. The molecule has 2 aromatic carbocycles. The molecule has 0 bridgehead atoms. The van der Waals surface area contributed by atoms with Crippen molar-refractivity contribution in [3.8, 4) is 11.4 Å². The molecule has 8 heteroatoms. The number of carbonyl (C=O) groups is 1. The first-order chi connectivity index (χ1) is 16.0. The summed E-state index contributed by atoms with van der Waals surface area (Å²) in [7, 11) is 1.65. The van der Waals surface area contributed by atoms with E-state index in [0.29, 0.717) is 36.3 Å². The molecule has 0 fully saturated rings. The average molecular weight is 467 g/mol. The first-order valence-electron chi connectivity index (χ1n) is 11.0. The summed E-state index contributed by atoms with van der Waals surface area (Å²) in [5, 5.41) is 7.94. The molecule has 33 heavy (non-hydrogen) atoms. The third-order valence-electron chi connectivity index (χ3n) is 5.81. The van der Waals surface area contributed by atoms with E-state index in [9.17, 15) is 4.79 Å². The number of hydrogen-bond donors (Lipinski definition) is 1. The van der Waals surface area contributed by atoms with Gasteiger partial charge >= 0.3 is 6.03 Å². The number of methoxy groups -OCH3 is 1. The zero-order valence-corrected chi connectivity index (χ0v) is 19.7. The van der Waals surface area contributed by atoms with Gasteiger partial charge in [-0.2, -0.15) is 4.98 Å². The summed E-state index contributed by atoms with van der Waals surface area (Å²) >= 11 is 6.09. The fourth-order valence-corrected chi connectivity index (χ4v) is 4.07. The molecule has 1 aromatic heterocycles. The maximum atomic E-state index is 13.0. The number of ether oxygens (including phenoxy) is 1. The highest BCUT2D eigenvalue weighted by Crippen LogP contribution is 2.37. The van der Waals surface area contributed by atoms with Crippen molar-refractivity contribution in [1.82, 2.24) is 20.4 Å². The van der Waals surface area contributed by atoms with Gasteiger partial charge in [-0.1, -0.05) is 60.1 Å². The first kappa shape index (κ1) is 23.0. The number of allylic oxidation sites excluding steroid dienone is 1. The Morgan fingerprint density at radius 3 is 2.55 bits per heavy atom. The van der Waals surface area contributed by atoms with Crippen LogP contribution in [0.25, 0.3) is 17.0 Å². The molecule has 0 aliphatic carbocycles. The molecule has 0 radical (unpaired) electrons. The minimum Gasteiger partial charge on any atom is -0.385 e. The van der Waals surface area contributed by atoms with Gasteiger partial charge in [0, 0.05) is 36.5 Å². The zero-order valence-electron chi connectivity index (χ0n) is 19.0. The highest BCUT2D eigenvalue weighted by Gasteiger charge is 2.35. The molecule has 1 aliphatic rings. The molecule has 172 valence electrons. The number of hydrogen-bond acceptors (Lipinski definition) is 5. The Labute approximate surface area is 198 Å². The SMILES string of the molecule is CCc1ccc(-c2noc(C3=C(C)N(CCCOC)C(=O)NC3c3ccc(Cl)cc3)n2)cc1. The summed E-state index contributed by atoms with van der Waals surface area (Å²) in [6.07, 6.45) is 1.67. The van der Waals surface area contributed by atoms with Gasteiger partial charge in [-0.25, -0.2) is 4.79 Å². The number of benzene rings is 2. The maximum Gasteiger partial charge on any atom is 0.322 e. The van der Waals surface area contributed by atoms with Gasteiger partial charge in [0.15, 0.2) is 0 Å². The first-order valence-corrected chi connectivity index (χ1v) is 11.4. The summed E-state index contributed by atoms with van der Waals surface area (Å²) in [5.74, 6) is 0.879. The van der Waals surface area contributed by atoms with Crippen LogP contribution in [0, 0.1) is 0 Å². The largest absolute Gasteiger partial charge is 0.385 e. The summed E-state index contributed by atoms with van der Waals surface area (Å²) in [6, 6.07) is 14.9. The van der Waals surface area contributed by atoms with Gasteiger partial charge in [0.25, 0.3) is 5.89 Å². The third-order valence-corrected chi connectivity index (χ3v) is 6.06. The van der Waals surface area contributed by atoms with Crippen molar-refractivity contribution in [3.05, 3.63) is 76.3 Å². The van der Waals surface area contributed by atoms with E-state index in [4.69, 9.17) is 25.8 Å². The molecule has 0 spiro atoms. The number of carbonyl (C=O) groups excluding carboxylic acids is 1. The summed E-state index contributed by atoms with van der Waals surface area (Å²) in [5.41, 5.74) is 4.53. The maximum absolute atomic E-state index is 13.0. The minimum absolute atomic E-state index is 0.179. The minimum atomic E-state index is -0.441. The molecule has 1 atom stereocenters. The van der Waals surface area contributed by atoms with E-state index < -0.39 is 6.04 Å². The fraction of sp³-hybridized carbons (Fsp3) is 0.320. The molecule has 0 saturated heterocycles. The van der Waals surface area contributed by atoms with E-state index in [0.717, 1.165) is 28.8 Å². The predicted octanol–water partition coefficient (Wildman–Crippen LogP) is 5.49. The van der Waals surface area contributed by atoms with Crippen LogP contribution in [-0.2, 0) is 11.2 Å². The van der Waals surface area contributed by atoms with Crippen molar-refractivity contribution in [2.24, 2.45) is 0 Å². The predicted molar refractivity (Wildman–Crippen MR) is 128 cm³/mol. The topological polar surface area (TPSA) is 80.5 Å². The van der Waals surface area contributed by atoms with E-state index in [2.05, 4.69) is 29.5 Å². The molecule has 1 N–H and O–H groups in total. The zero-order chi connectivity index (χ0) is 23.4. The molecular formula is C25H27ClN4O3. The molecule has 4 rings (SSSR count). The van der Waals surface area contributed by atoms with Gasteiger partial charge in [0.05, 0.1) is 11.6 Å². The molecule has 1 aliphatic heterocycles. The van der Waals surface area contributed by atoms with Crippen molar-refractivity contribution in [2.45, 2.75) is 32.7 Å². The van der Waals surface area contributed by atoms with E-state index in [1.807, 2.05) is 31.2 Å². The Hall–Kier alpha value is -3.16. The van der Waals surface area contributed by atoms with Gasteiger partial charge in [-0.3, -0.25) is 4.90 Å². The standard InChI is InChI=1S/C25H27ClN4O3/c1-4-17-6-8-19(9-7-17)23-28-24(33-29-23)21-16(2)30(14-5-15-32-3)25(31)27-22(21)18-10-12-20(26)13-11-18/h6-13,22H,4-5,14-15H2,1-3H3,(H,27,31). The fourth-order valence-electron chi connectivity index (χ4n) is 3.94. The second-order valence-corrected chi connectivity index (χ2v) is 8.34. The Morgan fingerprint density at radius 1 is 1.15 bits per heavy atom.